The van der Waals surface area contributed by atoms with Crippen LogP contribution < -0.4 is 4.74 Å². The SMILES string of the molecule is CCOc1cc(C)c(C)c(C)c1C.Cc1c(C)c(C)c2c(c1C)CCC(C)(C)C2. The van der Waals surface area contributed by atoms with Crippen LogP contribution in [0.1, 0.15) is 82.8 Å². The first-order chi connectivity index (χ1) is 13.4. The van der Waals surface area contributed by atoms with Crippen LogP contribution in [0.25, 0.3) is 0 Å². The molecule has 160 valence electrons. The lowest BCUT2D eigenvalue weighted by molar-refractivity contribution is 0.314. The highest BCUT2D eigenvalue weighted by molar-refractivity contribution is 5.51. The predicted octanol–water partition coefficient (Wildman–Crippen LogP) is 7.75. The van der Waals surface area contributed by atoms with Gasteiger partial charge in [-0.2, -0.15) is 0 Å². The lowest BCUT2D eigenvalue weighted by Crippen LogP contribution is -2.24. The second kappa shape index (κ2) is 8.94. The van der Waals surface area contributed by atoms with E-state index in [1.54, 1.807) is 22.3 Å². The zero-order valence-corrected chi connectivity index (χ0v) is 20.8. The van der Waals surface area contributed by atoms with Gasteiger partial charge in [0.1, 0.15) is 5.75 Å². The van der Waals surface area contributed by atoms with Gasteiger partial charge in [0.15, 0.2) is 0 Å². The van der Waals surface area contributed by atoms with Crippen LogP contribution in [0.3, 0.4) is 0 Å². The summed E-state index contributed by atoms with van der Waals surface area (Å²) >= 11 is 0. The molecule has 1 heteroatoms. The summed E-state index contributed by atoms with van der Waals surface area (Å²) in [6.07, 6.45) is 3.87. The second-order valence-corrected chi connectivity index (χ2v) is 9.80. The Morgan fingerprint density at radius 1 is 0.724 bits per heavy atom. The van der Waals surface area contributed by atoms with Gasteiger partial charge in [-0.25, -0.2) is 0 Å². The van der Waals surface area contributed by atoms with Crippen LogP contribution in [0.2, 0.25) is 0 Å². The van der Waals surface area contributed by atoms with Gasteiger partial charge in [0, 0.05) is 0 Å². The standard InChI is InChI=1S/C16H24.C12H18O/c1-10-11(2)13(4)15-9-16(5,6)8-7-14(15)12(10)3;1-6-13-12-7-8(2)9(3)10(4)11(12)5/h7-9H2,1-6H3;7H,6H2,1-5H3. The summed E-state index contributed by atoms with van der Waals surface area (Å²) in [5, 5.41) is 0. The predicted molar refractivity (Wildman–Crippen MR) is 128 cm³/mol. The third kappa shape index (κ3) is 4.87. The fourth-order valence-electron chi connectivity index (χ4n) is 4.56. The van der Waals surface area contributed by atoms with E-state index in [2.05, 4.69) is 75.3 Å². The van der Waals surface area contributed by atoms with E-state index >= 15 is 0 Å². The number of aryl methyl sites for hydroxylation is 1. The highest BCUT2D eigenvalue weighted by atomic mass is 16.5. The highest BCUT2D eigenvalue weighted by Gasteiger charge is 2.28. The average Bonchev–Trinajstić information content (AvgIpc) is 2.67. The molecule has 0 unspecified atom stereocenters. The number of rotatable bonds is 2. The van der Waals surface area contributed by atoms with Gasteiger partial charge in [0.2, 0.25) is 0 Å². The summed E-state index contributed by atoms with van der Waals surface area (Å²) in [6.45, 7) is 25.3. The van der Waals surface area contributed by atoms with Crippen molar-refractivity contribution in [2.45, 2.75) is 95.4 Å². The van der Waals surface area contributed by atoms with Crippen LogP contribution in [0, 0.1) is 60.8 Å². The Balaban J connectivity index is 0.000000212. The number of ether oxygens (including phenoxy) is 1. The quantitative estimate of drug-likeness (QED) is 0.506. The van der Waals surface area contributed by atoms with Crippen molar-refractivity contribution < 1.29 is 4.74 Å². The molecule has 1 aliphatic rings. The Bertz CT molecular complexity index is 900. The molecule has 0 fully saturated rings. The van der Waals surface area contributed by atoms with Crippen molar-refractivity contribution in [3.05, 3.63) is 61.7 Å². The first kappa shape index (κ1) is 23.5. The molecule has 0 saturated heterocycles. The van der Waals surface area contributed by atoms with Crippen LogP contribution in [0.4, 0.5) is 0 Å². The van der Waals surface area contributed by atoms with Crippen LogP contribution in [0.5, 0.6) is 5.75 Å². The van der Waals surface area contributed by atoms with Crippen LogP contribution >= 0.6 is 0 Å². The van der Waals surface area contributed by atoms with E-state index in [1.807, 2.05) is 6.92 Å². The molecule has 0 heterocycles. The Labute approximate surface area is 179 Å². The summed E-state index contributed by atoms with van der Waals surface area (Å²) in [6, 6.07) is 2.13. The molecule has 0 aromatic heterocycles. The van der Waals surface area contributed by atoms with E-state index in [1.165, 1.54) is 52.6 Å². The molecule has 0 spiro atoms. The van der Waals surface area contributed by atoms with Crippen molar-refractivity contribution in [2.24, 2.45) is 5.41 Å². The monoisotopic (exact) mass is 394 g/mol. The zero-order valence-electron chi connectivity index (χ0n) is 20.8. The highest BCUT2D eigenvalue weighted by Crippen LogP contribution is 2.39. The molecule has 3 rings (SSSR count). The van der Waals surface area contributed by atoms with Crippen LogP contribution in [-0.2, 0) is 12.8 Å². The maximum atomic E-state index is 5.55. The van der Waals surface area contributed by atoms with Gasteiger partial charge < -0.3 is 4.74 Å². The topological polar surface area (TPSA) is 9.23 Å². The molecule has 0 N–H and O–H groups in total. The van der Waals surface area contributed by atoms with Crippen molar-refractivity contribution in [3.63, 3.8) is 0 Å². The molecule has 0 saturated carbocycles. The fraction of sp³-hybridized carbons (Fsp3) is 0.571. The zero-order chi connectivity index (χ0) is 22.1. The summed E-state index contributed by atoms with van der Waals surface area (Å²) in [5.41, 5.74) is 15.2. The van der Waals surface area contributed by atoms with Gasteiger partial charge in [-0.1, -0.05) is 13.8 Å². The Morgan fingerprint density at radius 2 is 1.24 bits per heavy atom. The third-order valence-corrected chi connectivity index (χ3v) is 7.40. The van der Waals surface area contributed by atoms with E-state index in [0.29, 0.717) is 5.41 Å². The van der Waals surface area contributed by atoms with Crippen molar-refractivity contribution in [2.75, 3.05) is 6.61 Å². The average molecular weight is 395 g/mol. The van der Waals surface area contributed by atoms with Gasteiger partial charge in [-0.15, -0.1) is 0 Å². The molecular formula is C28H42O. The molecule has 0 amide bonds. The molecule has 1 aliphatic carbocycles. The van der Waals surface area contributed by atoms with Gasteiger partial charge in [0.25, 0.3) is 0 Å². The molecule has 0 aliphatic heterocycles. The summed E-state index contributed by atoms with van der Waals surface area (Å²) in [7, 11) is 0. The minimum absolute atomic E-state index is 0.492. The minimum atomic E-state index is 0.492. The smallest absolute Gasteiger partial charge is 0.122 e. The molecule has 0 bridgehead atoms. The van der Waals surface area contributed by atoms with Crippen LogP contribution in [-0.4, -0.2) is 6.61 Å². The third-order valence-electron chi connectivity index (χ3n) is 7.40. The van der Waals surface area contributed by atoms with E-state index in [0.717, 1.165) is 12.4 Å². The molecule has 1 nitrogen and oxygen atoms in total. The van der Waals surface area contributed by atoms with Gasteiger partial charge in [-0.3, -0.25) is 0 Å². The Morgan fingerprint density at radius 3 is 1.79 bits per heavy atom. The van der Waals surface area contributed by atoms with Gasteiger partial charge in [-0.05, 0) is 149 Å². The van der Waals surface area contributed by atoms with Gasteiger partial charge in [0.05, 0.1) is 6.61 Å². The lowest BCUT2D eigenvalue weighted by Gasteiger charge is -2.34. The van der Waals surface area contributed by atoms with Crippen molar-refractivity contribution in [1.82, 2.24) is 0 Å². The largest absolute Gasteiger partial charge is 0.494 e. The summed E-state index contributed by atoms with van der Waals surface area (Å²) in [4.78, 5) is 0. The second-order valence-electron chi connectivity index (χ2n) is 9.80. The number of hydrogen-bond acceptors (Lipinski definition) is 1. The molecule has 2 aromatic rings. The van der Waals surface area contributed by atoms with E-state index in [9.17, 15) is 0 Å². The molecule has 2 aromatic carbocycles. The van der Waals surface area contributed by atoms with E-state index in [-0.39, 0.29) is 0 Å². The van der Waals surface area contributed by atoms with E-state index in [4.69, 9.17) is 4.74 Å². The fourth-order valence-corrected chi connectivity index (χ4v) is 4.56. The number of hydrogen-bond donors (Lipinski definition) is 0. The summed E-state index contributed by atoms with van der Waals surface area (Å²) in [5.74, 6) is 1.03. The maximum Gasteiger partial charge on any atom is 0.122 e. The molecule has 0 atom stereocenters. The summed E-state index contributed by atoms with van der Waals surface area (Å²) < 4.78 is 5.55. The minimum Gasteiger partial charge on any atom is -0.494 e. The van der Waals surface area contributed by atoms with Crippen molar-refractivity contribution >= 4 is 0 Å². The normalized spacial score (nSPS) is 14.7. The lowest BCUT2D eigenvalue weighted by atomic mass is 9.71. The number of benzene rings is 2. The van der Waals surface area contributed by atoms with Gasteiger partial charge >= 0.3 is 0 Å². The number of fused-ring (bicyclic) bond motifs is 1. The maximum absolute atomic E-state index is 5.55. The Hall–Kier alpha value is -1.76. The first-order valence-corrected chi connectivity index (χ1v) is 11.2. The van der Waals surface area contributed by atoms with E-state index < -0.39 is 0 Å². The van der Waals surface area contributed by atoms with Crippen LogP contribution in [0.15, 0.2) is 6.07 Å². The van der Waals surface area contributed by atoms with Crippen molar-refractivity contribution in [1.29, 1.82) is 0 Å². The molecule has 0 radical (unpaired) electrons. The van der Waals surface area contributed by atoms with Crippen molar-refractivity contribution in [3.8, 4) is 5.75 Å². The molecule has 29 heavy (non-hydrogen) atoms. The molecular weight excluding hydrogens is 352 g/mol. The Kier molecular flexibility index (Phi) is 7.25. The first-order valence-electron chi connectivity index (χ1n) is 11.2.